The Hall–Kier alpha value is -2.68. The number of aliphatic imine (C=N–C) groups is 1. The van der Waals surface area contributed by atoms with Crippen LogP contribution in [0.5, 0.6) is 0 Å². The van der Waals surface area contributed by atoms with Crippen LogP contribution in [0.15, 0.2) is 71.4 Å². The van der Waals surface area contributed by atoms with Crippen LogP contribution in [0, 0.1) is 0 Å². The van der Waals surface area contributed by atoms with Crippen LogP contribution in [0.2, 0.25) is 0 Å². The van der Waals surface area contributed by atoms with E-state index < -0.39 is 0 Å². The van der Waals surface area contributed by atoms with E-state index in [2.05, 4.69) is 11.7 Å². The summed E-state index contributed by atoms with van der Waals surface area (Å²) in [5.41, 5.74) is 2.36. The van der Waals surface area contributed by atoms with Crippen molar-refractivity contribution < 1.29 is 4.79 Å². The van der Waals surface area contributed by atoms with Gasteiger partial charge in [0.25, 0.3) is 5.91 Å². The fraction of sp³-hybridized carbons (Fsp3) is 0.111. The molecule has 2 aromatic carbocycles. The third-order valence-corrected chi connectivity index (χ3v) is 3.10. The third kappa shape index (κ3) is 4.14. The van der Waals surface area contributed by atoms with Gasteiger partial charge in [-0.05, 0) is 23.9 Å². The normalized spacial score (nSPS) is 11.0. The highest BCUT2D eigenvalue weighted by atomic mass is 16.2. The van der Waals surface area contributed by atoms with Gasteiger partial charge in [0.15, 0.2) is 0 Å². The zero-order chi connectivity index (χ0) is 15.1. The maximum absolute atomic E-state index is 12.4. The molecule has 0 atom stereocenters. The lowest BCUT2D eigenvalue weighted by molar-refractivity contribution is -0.126. The number of hydrogen-bond donors (Lipinski definition) is 0. The molecule has 0 aromatic heterocycles. The predicted octanol–water partition coefficient (Wildman–Crippen LogP) is 3.39. The molecule has 2 rings (SSSR count). The maximum Gasteiger partial charge on any atom is 0.272 e. The van der Waals surface area contributed by atoms with Gasteiger partial charge < -0.3 is 4.90 Å². The molecule has 0 unspecified atom stereocenters. The van der Waals surface area contributed by atoms with E-state index in [0.717, 1.165) is 11.1 Å². The van der Waals surface area contributed by atoms with Crippen molar-refractivity contribution in [1.29, 1.82) is 0 Å². The predicted molar refractivity (Wildman–Crippen MR) is 86.9 cm³/mol. The molecule has 106 valence electrons. The first-order valence-corrected chi connectivity index (χ1v) is 6.73. The Morgan fingerprint density at radius 2 is 1.67 bits per heavy atom. The lowest BCUT2D eigenvalue weighted by atomic mass is 10.1. The molecule has 0 spiro atoms. The van der Waals surface area contributed by atoms with Crippen LogP contribution in [0.1, 0.15) is 11.1 Å². The van der Waals surface area contributed by atoms with Gasteiger partial charge in [-0.15, -0.1) is 0 Å². The molecule has 21 heavy (non-hydrogen) atoms. The number of carbonyl (C=O) groups excluding carboxylic acids is 1. The van der Waals surface area contributed by atoms with Crippen LogP contribution >= 0.6 is 0 Å². The number of rotatable bonds is 5. The van der Waals surface area contributed by atoms with Crippen LogP contribution in [0.4, 0.5) is 0 Å². The smallest absolute Gasteiger partial charge is 0.272 e. The lowest BCUT2D eigenvalue weighted by Crippen LogP contribution is -2.27. The van der Waals surface area contributed by atoms with Crippen molar-refractivity contribution in [3.05, 3.63) is 77.5 Å². The van der Waals surface area contributed by atoms with Gasteiger partial charge in [0.05, 0.1) is 0 Å². The molecule has 3 heteroatoms. The number of nitrogens with zero attached hydrogens (tertiary/aromatic N) is 2. The molecule has 0 aliphatic carbocycles. The fourth-order valence-electron chi connectivity index (χ4n) is 2.01. The molecule has 3 nitrogen and oxygen atoms in total. The van der Waals surface area contributed by atoms with Crippen LogP contribution in [-0.4, -0.2) is 24.6 Å². The Labute approximate surface area is 125 Å². The molecule has 0 saturated heterocycles. The van der Waals surface area contributed by atoms with Gasteiger partial charge in [0.1, 0.15) is 5.70 Å². The van der Waals surface area contributed by atoms with E-state index >= 15 is 0 Å². The van der Waals surface area contributed by atoms with Gasteiger partial charge in [-0.1, -0.05) is 60.7 Å². The second-order valence-corrected chi connectivity index (χ2v) is 4.75. The topological polar surface area (TPSA) is 32.7 Å². The summed E-state index contributed by atoms with van der Waals surface area (Å²) in [6.07, 6.45) is 1.75. The molecule has 0 aliphatic rings. The highest BCUT2D eigenvalue weighted by Gasteiger charge is 2.13. The van der Waals surface area contributed by atoms with Gasteiger partial charge in [-0.25, -0.2) is 0 Å². The summed E-state index contributed by atoms with van der Waals surface area (Å²) in [7, 11) is 1.76. The van der Waals surface area contributed by atoms with Crippen molar-refractivity contribution in [3.63, 3.8) is 0 Å². The van der Waals surface area contributed by atoms with Crippen LogP contribution < -0.4 is 0 Å². The Balaban J connectivity index is 2.13. The summed E-state index contributed by atoms with van der Waals surface area (Å²) in [6, 6.07) is 19.5. The van der Waals surface area contributed by atoms with Crippen molar-refractivity contribution in [2.45, 2.75) is 6.54 Å². The van der Waals surface area contributed by atoms with Gasteiger partial charge in [-0.3, -0.25) is 9.79 Å². The number of carbonyl (C=O) groups is 1. The molecule has 1 amide bonds. The Morgan fingerprint density at radius 1 is 1.10 bits per heavy atom. The summed E-state index contributed by atoms with van der Waals surface area (Å²) >= 11 is 0. The fourth-order valence-corrected chi connectivity index (χ4v) is 2.01. The average molecular weight is 278 g/mol. The number of benzene rings is 2. The molecule has 0 bridgehead atoms. The largest absolute Gasteiger partial charge is 0.336 e. The van der Waals surface area contributed by atoms with Crippen molar-refractivity contribution in [2.75, 3.05) is 7.05 Å². The van der Waals surface area contributed by atoms with Crippen LogP contribution in [0.25, 0.3) is 6.08 Å². The van der Waals surface area contributed by atoms with E-state index in [9.17, 15) is 4.79 Å². The van der Waals surface area contributed by atoms with E-state index in [0.29, 0.717) is 12.2 Å². The average Bonchev–Trinajstić information content (AvgIpc) is 2.54. The summed E-state index contributed by atoms with van der Waals surface area (Å²) in [6.45, 7) is 4.04. The van der Waals surface area contributed by atoms with E-state index in [-0.39, 0.29) is 5.91 Å². The monoisotopic (exact) mass is 278 g/mol. The Kier molecular flexibility index (Phi) is 5.04. The minimum absolute atomic E-state index is 0.141. The first-order valence-electron chi connectivity index (χ1n) is 6.73. The SMILES string of the molecule is C=N/C(=C\c1ccccc1)C(=O)N(C)Cc1ccccc1. The number of likely N-dealkylation sites (N-methyl/N-ethyl adjacent to an activating group) is 1. The van der Waals surface area contributed by atoms with E-state index in [1.54, 1.807) is 18.0 Å². The van der Waals surface area contributed by atoms with Gasteiger partial charge in [0.2, 0.25) is 0 Å². The molecule has 0 saturated carbocycles. The standard InChI is InChI=1S/C18H18N2O/c1-19-17(13-15-9-5-3-6-10-15)18(21)20(2)14-16-11-7-4-8-12-16/h3-13H,1,14H2,2H3/b17-13-. The minimum Gasteiger partial charge on any atom is -0.336 e. The summed E-state index contributed by atoms with van der Waals surface area (Å²) in [4.78, 5) is 17.9. The molecular formula is C18H18N2O. The second kappa shape index (κ2) is 7.20. The van der Waals surface area contributed by atoms with Crippen molar-refractivity contribution >= 4 is 18.7 Å². The molecule has 0 heterocycles. The molecule has 0 radical (unpaired) electrons. The zero-order valence-corrected chi connectivity index (χ0v) is 12.1. The van der Waals surface area contributed by atoms with Crippen molar-refractivity contribution in [1.82, 2.24) is 4.90 Å². The van der Waals surface area contributed by atoms with E-state index in [4.69, 9.17) is 0 Å². The van der Waals surface area contributed by atoms with Gasteiger partial charge in [-0.2, -0.15) is 0 Å². The van der Waals surface area contributed by atoms with Gasteiger partial charge >= 0.3 is 0 Å². The highest BCUT2D eigenvalue weighted by molar-refractivity contribution is 5.97. The Bertz CT molecular complexity index is 633. The minimum atomic E-state index is -0.141. The van der Waals surface area contributed by atoms with Crippen LogP contribution in [0.3, 0.4) is 0 Å². The first-order chi connectivity index (χ1) is 10.2. The summed E-state index contributed by atoms with van der Waals surface area (Å²) in [5, 5.41) is 0. The Morgan fingerprint density at radius 3 is 2.24 bits per heavy atom. The van der Waals surface area contributed by atoms with Crippen molar-refractivity contribution in [3.8, 4) is 0 Å². The summed E-state index contributed by atoms with van der Waals surface area (Å²) < 4.78 is 0. The molecule has 0 aliphatic heterocycles. The molecule has 0 N–H and O–H groups in total. The molecule has 2 aromatic rings. The second-order valence-electron chi connectivity index (χ2n) is 4.75. The lowest BCUT2D eigenvalue weighted by Gasteiger charge is -2.17. The summed E-state index contributed by atoms with van der Waals surface area (Å²) in [5.74, 6) is -0.141. The van der Waals surface area contributed by atoms with Gasteiger partial charge in [0, 0.05) is 13.6 Å². The highest BCUT2D eigenvalue weighted by Crippen LogP contribution is 2.12. The number of hydrogen-bond acceptors (Lipinski definition) is 2. The number of amides is 1. The van der Waals surface area contributed by atoms with Crippen LogP contribution in [-0.2, 0) is 11.3 Å². The first kappa shape index (κ1) is 14.7. The van der Waals surface area contributed by atoms with E-state index in [1.165, 1.54) is 0 Å². The maximum atomic E-state index is 12.4. The van der Waals surface area contributed by atoms with E-state index in [1.807, 2.05) is 60.7 Å². The quantitative estimate of drug-likeness (QED) is 0.609. The zero-order valence-electron chi connectivity index (χ0n) is 12.1. The van der Waals surface area contributed by atoms with Crippen molar-refractivity contribution in [2.24, 2.45) is 4.99 Å². The third-order valence-electron chi connectivity index (χ3n) is 3.10. The molecule has 0 fully saturated rings. The molecular weight excluding hydrogens is 260 g/mol.